The third kappa shape index (κ3) is 4.89. The molecule has 0 atom stereocenters. The standard InChI is InChI=1S/C24H23N3O5S2/c1-27(15-16-7-5-4-6-8-16)34(29,30)22-13-17(9-12-20(22)32-3)23(28)26-24-25-19-11-10-18(31-2)14-21(19)33-24/h4-14H,15H2,1-3H3,(H,25,26,28). The SMILES string of the molecule is COc1ccc2nc(NC(=O)c3ccc(OC)c(S(=O)(=O)N(C)Cc4ccccc4)c3)sc2c1. The summed E-state index contributed by atoms with van der Waals surface area (Å²) in [6, 6.07) is 19.0. The molecule has 0 unspecified atom stereocenters. The molecule has 0 aliphatic rings. The van der Waals surface area contributed by atoms with Crippen molar-refractivity contribution < 1.29 is 22.7 Å². The van der Waals surface area contributed by atoms with E-state index in [-0.39, 0.29) is 22.8 Å². The highest BCUT2D eigenvalue weighted by Gasteiger charge is 2.26. The molecule has 4 aromatic rings. The fraction of sp³-hybridized carbons (Fsp3) is 0.167. The number of carbonyl (C=O) groups is 1. The first kappa shape index (κ1) is 23.7. The molecule has 0 fully saturated rings. The van der Waals surface area contributed by atoms with Crippen molar-refractivity contribution in [2.24, 2.45) is 0 Å². The third-order valence-corrected chi connectivity index (χ3v) is 7.94. The van der Waals surface area contributed by atoms with Gasteiger partial charge in [-0.2, -0.15) is 4.31 Å². The number of sulfonamides is 1. The number of rotatable bonds is 8. The van der Waals surface area contributed by atoms with E-state index in [4.69, 9.17) is 9.47 Å². The molecule has 0 spiro atoms. The Bertz CT molecular complexity index is 1440. The van der Waals surface area contributed by atoms with E-state index in [0.29, 0.717) is 10.9 Å². The average Bonchev–Trinajstić information content (AvgIpc) is 3.25. The van der Waals surface area contributed by atoms with Gasteiger partial charge < -0.3 is 9.47 Å². The summed E-state index contributed by atoms with van der Waals surface area (Å²) in [5.74, 6) is 0.373. The lowest BCUT2D eigenvalue weighted by Crippen LogP contribution is -2.27. The fourth-order valence-electron chi connectivity index (χ4n) is 3.37. The molecule has 34 heavy (non-hydrogen) atoms. The molecule has 10 heteroatoms. The number of nitrogens with zero attached hydrogens (tertiary/aromatic N) is 2. The second-order valence-corrected chi connectivity index (χ2v) is 10.5. The molecular weight excluding hydrogens is 474 g/mol. The first-order valence-corrected chi connectivity index (χ1v) is 12.5. The molecule has 176 valence electrons. The molecule has 3 aromatic carbocycles. The van der Waals surface area contributed by atoms with Gasteiger partial charge in [0, 0.05) is 19.2 Å². The fourth-order valence-corrected chi connectivity index (χ4v) is 5.59. The van der Waals surface area contributed by atoms with Crippen LogP contribution < -0.4 is 14.8 Å². The van der Waals surface area contributed by atoms with Gasteiger partial charge >= 0.3 is 0 Å². The maximum atomic E-state index is 13.3. The maximum absolute atomic E-state index is 13.3. The number of amides is 1. The first-order chi connectivity index (χ1) is 16.3. The molecule has 1 amide bonds. The number of hydrogen-bond donors (Lipinski definition) is 1. The van der Waals surface area contributed by atoms with Crippen LogP contribution in [0.1, 0.15) is 15.9 Å². The van der Waals surface area contributed by atoms with Crippen LogP contribution in [-0.4, -0.2) is 44.9 Å². The second kappa shape index (κ2) is 9.80. The number of fused-ring (bicyclic) bond motifs is 1. The molecule has 0 aliphatic heterocycles. The zero-order valence-electron chi connectivity index (χ0n) is 18.8. The average molecular weight is 498 g/mol. The highest BCUT2D eigenvalue weighted by Crippen LogP contribution is 2.31. The van der Waals surface area contributed by atoms with Crippen molar-refractivity contribution in [2.75, 3.05) is 26.6 Å². The van der Waals surface area contributed by atoms with Gasteiger partial charge in [0.2, 0.25) is 10.0 Å². The smallest absolute Gasteiger partial charge is 0.257 e. The molecule has 0 saturated heterocycles. The van der Waals surface area contributed by atoms with Crippen LogP contribution in [0.5, 0.6) is 11.5 Å². The molecule has 0 radical (unpaired) electrons. The van der Waals surface area contributed by atoms with Crippen molar-refractivity contribution in [1.29, 1.82) is 0 Å². The lowest BCUT2D eigenvalue weighted by atomic mass is 10.2. The van der Waals surface area contributed by atoms with Crippen LogP contribution in [0, 0.1) is 0 Å². The van der Waals surface area contributed by atoms with E-state index in [2.05, 4.69) is 10.3 Å². The van der Waals surface area contributed by atoms with Gasteiger partial charge in [-0.1, -0.05) is 41.7 Å². The van der Waals surface area contributed by atoms with Crippen molar-refractivity contribution in [1.82, 2.24) is 9.29 Å². The van der Waals surface area contributed by atoms with Crippen LogP contribution in [0.3, 0.4) is 0 Å². The maximum Gasteiger partial charge on any atom is 0.257 e. The quantitative estimate of drug-likeness (QED) is 0.388. The summed E-state index contributed by atoms with van der Waals surface area (Å²) >= 11 is 1.30. The zero-order chi connectivity index (χ0) is 24.3. The van der Waals surface area contributed by atoms with Gasteiger partial charge in [-0.05, 0) is 42.0 Å². The Balaban J connectivity index is 1.60. The summed E-state index contributed by atoms with van der Waals surface area (Å²) in [7, 11) is 0.525. The molecule has 4 rings (SSSR count). The number of nitrogens with one attached hydrogen (secondary N) is 1. The first-order valence-electron chi connectivity index (χ1n) is 10.3. The number of ether oxygens (including phenoxy) is 2. The number of anilines is 1. The Hall–Kier alpha value is -3.47. The molecule has 1 N–H and O–H groups in total. The number of benzene rings is 3. The summed E-state index contributed by atoms with van der Waals surface area (Å²) in [4.78, 5) is 17.3. The minimum absolute atomic E-state index is 0.0879. The second-order valence-electron chi connectivity index (χ2n) is 7.42. The van der Waals surface area contributed by atoms with Crippen LogP contribution in [0.25, 0.3) is 10.2 Å². The van der Waals surface area contributed by atoms with E-state index in [1.54, 1.807) is 19.2 Å². The van der Waals surface area contributed by atoms with Gasteiger partial charge in [0.1, 0.15) is 16.4 Å². The number of carbonyl (C=O) groups excluding carboxylic acids is 1. The van der Waals surface area contributed by atoms with Gasteiger partial charge in [-0.3, -0.25) is 10.1 Å². The van der Waals surface area contributed by atoms with E-state index < -0.39 is 15.9 Å². The monoisotopic (exact) mass is 497 g/mol. The Morgan fingerprint density at radius 2 is 1.79 bits per heavy atom. The van der Waals surface area contributed by atoms with Gasteiger partial charge in [0.15, 0.2) is 5.13 Å². The topological polar surface area (TPSA) is 97.8 Å². The van der Waals surface area contributed by atoms with E-state index >= 15 is 0 Å². The summed E-state index contributed by atoms with van der Waals surface area (Å²) in [5, 5.41) is 3.15. The van der Waals surface area contributed by atoms with E-state index in [0.717, 1.165) is 15.8 Å². The number of aromatic nitrogens is 1. The number of hydrogen-bond acceptors (Lipinski definition) is 7. The Labute approximate surface area is 201 Å². The van der Waals surface area contributed by atoms with Crippen LogP contribution in [0.4, 0.5) is 5.13 Å². The highest BCUT2D eigenvalue weighted by atomic mass is 32.2. The van der Waals surface area contributed by atoms with Gasteiger partial charge in [0.25, 0.3) is 5.91 Å². The predicted molar refractivity (Wildman–Crippen MR) is 132 cm³/mol. The molecule has 0 saturated carbocycles. The van der Waals surface area contributed by atoms with Crippen molar-refractivity contribution in [3.8, 4) is 11.5 Å². The summed E-state index contributed by atoms with van der Waals surface area (Å²) < 4.78 is 39.2. The van der Waals surface area contributed by atoms with E-state index in [1.165, 1.54) is 48.0 Å². The molecule has 0 aliphatic carbocycles. The van der Waals surface area contributed by atoms with E-state index in [1.807, 2.05) is 36.4 Å². The van der Waals surface area contributed by atoms with Gasteiger partial charge in [-0.25, -0.2) is 13.4 Å². The van der Waals surface area contributed by atoms with Gasteiger partial charge in [-0.15, -0.1) is 0 Å². The molecule has 1 aromatic heterocycles. The van der Waals surface area contributed by atoms with Crippen LogP contribution in [0.15, 0.2) is 71.6 Å². The third-order valence-electron chi connectivity index (χ3n) is 5.18. The summed E-state index contributed by atoms with van der Waals surface area (Å²) in [6.07, 6.45) is 0. The lowest BCUT2D eigenvalue weighted by molar-refractivity contribution is 0.102. The molecular formula is C24H23N3O5S2. The summed E-state index contributed by atoms with van der Waals surface area (Å²) in [5.41, 5.74) is 1.74. The highest BCUT2D eigenvalue weighted by molar-refractivity contribution is 7.89. The van der Waals surface area contributed by atoms with E-state index in [9.17, 15) is 13.2 Å². The van der Waals surface area contributed by atoms with Crippen molar-refractivity contribution in [3.63, 3.8) is 0 Å². The van der Waals surface area contributed by atoms with Crippen molar-refractivity contribution >= 4 is 42.6 Å². The number of thiazole rings is 1. The zero-order valence-corrected chi connectivity index (χ0v) is 20.4. The Morgan fingerprint density at radius 3 is 2.50 bits per heavy atom. The minimum Gasteiger partial charge on any atom is -0.497 e. The van der Waals surface area contributed by atoms with Crippen LogP contribution in [0.2, 0.25) is 0 Å². The number of methoxy groups -OCH3 is 2. The predicted octanol–water partition coefficient (Wildman–Crippen LogP) is 4.39. The lowest BCUT2D eigenvalue weighted by Gasteiger charge is -2.19. The van der Waals surface area contributed by atoms with Crippen LogP contribution in [-0.2, 0) is 16.6 Å². The molecule has 1 heterocycles. The summed E-state index contributed by atoms with van der Waals surface area (Å²) in [6.45, 7) is 0.178. The van der Waals surface area contributed by atoms with Crippen LogP contribution >= 0.6 is 11.3 Å². The Morgan fingerprint density at radius 1 is 1.03 bits per heavy atom. The normalized spacial score (nSPS) is 11.5. The Kier molecular flexibility index (Phi) is 6.82. The molecule has 0 bridgehead atoms. The van der Waals surface area contributed by atoms with Gasteiger partial charge in [0.05, 0.1) is 24.4 Å². The van der Waals surface area contributed by atoms with Crippen molar-refractivity contribution in [2.45, 2.75) is 11.4 Å². The minimum atomic E-state index is -3.94. The largest absolute Gasteiger partial charge is 0.497 e. The molecule has 8 nitrogen and oxygen atoms in total. The van der Waals surface area contributed by atoms with Crippen molar-refractivity contribution in [3.05, 3.63) is 77.9 Å².